The number of aromatic nitrogens is 1. The summed E-state index contributed by atoms with van der Waals surface area (Å²) in [6, 6.07) is 17.5. The van der Waals surface area contributed by atoms with Crippen molar-refractivity contribution in [3.63, 3.8) is 0 Å². The van der Waals surface area contributed by atoms with Gasteiger partial charge in [-0.1, -0.05) is 30.3 Å². The second-order valence-corrected chi connectivity index (χ2v) is 7.69. The van der Waals surface area contributed by atoms with Gasteiger partial charge >= 0.3 is 0 Å². The Kier molecular flexibility index (Phi) is 4.71. The Labute approximate surface area is 174 Å². The van der Waals surface area contributed by atoms with Crippen LogP contribution < -0.4 is 10.6 Å². The number of likely N-dealkylation sites (tertiary alicyclic amines) is 1. The molecule has 4 heterocycles. The van der Waals surface area contributed by atoms with Crippen molar-refractivity contribution in [2.24, 2.45) is 4.99 Å². The third kappa shape index (κ3) is 3.43. The van der Waals surface area contributed by atoms with Gasteiger partial charge in [-0.2, -0.15) is 0 Å². The number of nitrogens with zero attached hydrogens (tertiary/aromatic N) is 3. The minimum Gasteiger partial charge on any atom is -0.459 e. The van der Waals surface area contributed by atoms with Crippen LogP contribution in [0.25, 0.3) is 0 Å². The smallest absolute Gasteiger partial charge is 0.289 e. The monoisotopic (exact) mass is 401 g/mol. The van der Waals surface area contributed by atoms with Gasteiger partial charge in [-0.25, -0.2) is 4.98 Å². The minimum absolute atomic E-state index is 0.0970. The number of piperidine rings is 1. The van der Waals surface area contributed by atoms with E-state index in [2.05, 4.69) is 27.8 Å². The molecule has 1 aromatic carbocycles. The molecule has 2 aliphatic rings. The number of carbonyl (C=O) groups is 1. The summed E-state index contributed by atoms with van der Waals surface area (Å²) >= 11 is 0. The number of carbonyl (C=O) groups excluding carboxylic acids is 1. The Morgan fingerprint density at radius 2 is 2.07 bits per heavy atom. The number of aliphatic imine (C=N–C) groups is 1. The molecule has 0 aliphatic carbocycles. The Morgan fingerprint density at radius 3 is 2.90 bits per heavy atom. The van der Waals surface area contributed by atoms with Crippen LogP contribution in [0.15, 0.2) is 76.5 Å². The first-order valence-electron chi connectivity index (χ1n) is 10.2. The van der Waals surface area contributed by atoms with Gasteiger partial charge in [-0.15, -0.1) is 0 Å². The molecule has 1 amide bonds. The number of amides is 1. The molecule has 7 nitrogen and oxygen atoms in total. The number of benzene rings is 1. The van der Waals surface area contributed by atoms with Gasteiger partial charge in [0, 0.05) is 12.7 Å². The van der Waals surface area contributed by atoms with E-state index in [1.165, 1.54) is 6.26 Å². The van der Waals surface area contributed by atoms with E-state index < -0.39 is 5.54 Å². The molecule has 30 heavy (non-hydrogen) atoms. The molecule has 3 aromatic rings. The van der Waals surface area contributed by atoms with Crippen LogP contribution in [0.4, 0.5) is 11.5 Å². The zero-order valence-corrected chi connectivity index (χ0v) is 16.5. The average Bonchev–Trinajstić information content (AvgIpc) is 3.33. The SMILES string of the molecule is O=C(c1ccco1)N1CCC[C@@]2(C1)Nc1cccnc1NC2=NCc1ccccc1. The maximum atomic E-state index is 13.0. The highest BCUT2D eigenvalue weighted by molar-refractivity contribution is 6.09. The molecule has 1 atom stereocenters. The molecule has 2 aromatic heterocycles. The van der Waals surface area contributed by atoms with Gasteiger partial charge in [0.25, 0.3) is 5.91 Å². The maximum Gasteiger partial charge on any atom is 0.289 e. The average molecular weight is 401 g/mol. The molecule has 1 saturated heterocycles. The van der Waals surface area contributed by atoms with Crippen molar-refractivity contribution in [1.29, 1.82) is 0 Å². The van der Waals surface area contributed by atoms with E-state index in [9.17, 15) is 4.79 Å². The van der Waals surface area contributed by atoms with E-state index in [0.717, 1.165) is 35.7 Å². The molecule has 0 bridgehead atoms. The second-order valence-electron chi connectivity index (χ2n) is 7.69. The molecule has 5 rings (SSSR count). The lowest BCUT2D eigenvalue weighted by molar-refractivity contribution is 0.0662. The Bertz CT molecular complexity index is 1060. The first kappa shape index (κ1) is 18.4. The summed E-state index contributed by atoms with van der Waals surface area (Å²) in [6.45, 7) is 1.75. The molecular weight excluding hydrogens is 378 g/mol. The number of rotatable bonds is 3. The molecule has 0 radical (unpaired) electrons. The van der Waals surface area contributed by atoms with Gasteiger partial charge < -0.3 is 20.0 Å². The van der Waals surface area contributed by atoms with Crippen molar-refractivity contribution >= 4 is 23.2 Å². The van der Waals surface area contributed by atoms with Gasteiger partial charge in [0.2, 0.25) is 0 Å². The van der Waals surface area contributed by atoms with Crippen molar-refractivity contribution in [1.82, 2.24) is 9.88 Å². The lowest BCUT2D eigenvalue weighted by atomic mass is 9.85. The first-order valence-corrected chi connectivity index (χ1v) is 10.2. The molecule has 0 unspecified atom stereocenters. The second kappa shape index (κ2) is 7.67. The zero-order chi connectivity index (χ0) is 20.4. The number of nitrogens with one attached hydrogen (secondary N) is 2. The normalized spacial score (nSPS) is 21.7. The fourth-order valence-corrected chi connectivity index (χ4v) is 4.18. The number of fused-ring (bicyclic) bond motifs is 1. The highest BCUT2D eigenvalue weighted by Crippen LogP contribution is 2.35. The van der Waals surface area contributed by atoms with Crippen LogP contribution in [0.3, 0.4) is 0 Å². The number of amidine groups is 1. The summed E-state index contributed by atoms with van der Waals surface area (Å²) in [6.07, 6.45) is 5.01. The highest BCUT2D eigenvalue weighted by atomic mass is 16.3. The van der Waals surface area contributed by atoms with E-state index in [4.69, 9.17) is 9.41 Å². The van der Waals surface area contributed by atoms with E-state index in [1.54, 1.807) is 18.3 Å². The summed E-state index contributed by atoms with van der Waals surface area (Å²) in [4.78, 5) is 24.2. The summed E-state index contributed by atoms with van der Waals surface area (Å²) in [5, 5.41) is 7.09. The summed E-state index contributed by atoms with van der Waals surface area (Å²) in [5.74, 6) is 1.83. The third-order valence-corrected chi connectivity index (χ3v) is 5.65. The van der Waals surface area contributed by atoms with Crippen LogP contribution in [0, 0.1) is 0 Å². The molecule has 0 saturated carbocycles. The molecule has 7 heteroatoms. The fourth-order valence-electron chi connectivity index (χ4n) is 4.18. The lowest BCUT2D eigenvalue weighted by Crippen LogP contribution is -2.62. The van der Waals surface area contributed by atoms with Crippen molar-refractivity contribution in [2.45, 2.75) is 24.9 Å². The molecule has 152 valence electrons. The molecule has 2 N–H and O–H groups in total. The Hall–Kier alpha value is -3.61. The number of furan rings is 1. The largest absolute Gasteiger partial charge is 0.459 e. The topological polar surface area (TPSA) is 82.8 Å². The van der Waals surface area contributed by atoms with Crippen molar-refractivity contribution in [3.8, 4) is 0 Å². The molecule has 1 fully saturated rings. The number of anilines is 2. The van der Waals surface area contributed by atoms with Crippen LogP contribution in [0.2, 0.25) is 0 Å². The van der Waals surface area contributed by atoms with Gasteiger partial charge in [0.15, 0.2) is 11.6 Å². The molecular formula is C23H23N5O2. The van der Waals surface area contributed by atoms with Crippen molar-refractivity contribution in [3.05, 3.63) is 78.4 Å². The lowest BCUT2D eigenvalue weighted by Gasteiger charge is -2.46. The first-order chi connectivity index (χ1) is 14.7. The van der Waals surface area contributed by atoms with Crippen LogP contribution in [-0.4, -0.2) is 40.3 Å². The predicted octanol–water partition coefficient (Wildman–Crippen LogP) is 3.79. The van der Waals surface area contributed by atoms with E-state index >= 15 is 0 Å². The van der Waals surface area contributed by atoms with E-state index in [1.807, 2.05) is 35.2 Å². The third-order valence-electron chi connectivity index (χ3n) is 5.65. The minimum atomic E-state index is -0.495. The van der Waals surface area contributed by atoms with Gasteiger partial charge in [-0.3, -0.25) is 9.79 Å². The predicted molar refractivity (Wildman–Crippen MR) is 116 cm³/mol. The van der Waals surface area contributed by atoms with Crippen LogP contribution in [0.1, 0.15) is 29.0 Å². The van der Waals surface area contributed by atoms with Crippen LogP contribution in [-0.2, 0) is 6.54 Å². The summed E-state index contributed by atoms with van der Waals surface area (Å²) in [7, 11) is 0. The number of hydrogen-bond acceptors (Lipinski definition) is 5. The molecule has 1 spiro atoms. The van der Waals surface area contributed by atoms with E-state index in [-0.39, 0.29) is 5.91 Å². The van der Waals surface area contributed by atoms with Crippen molar-refractivity contribution in [2.75, 3.05) is 23.7 Å². The summed E-state index contributed by atoms with van der Waals surface area (Å²) in [5.41, 5.74) is 1.56. The highest BCUT2D eigenvalue weighted by Gasteiger charge is 2.45. The standard InChI is InChI=1S/C23H23N5O2/c29-21(19-10-5-14-30-19)28-13-6-11-23(16-28)22(25-15-17-7-2-1-3-8-17)26-20-18(27-23)9-4-12-24-20/h1-5,7-10,12,14,27H,6,11,13,15-16H2,(H,24,25,26)/t23-/m0/s1. The van der Waals surface area contributed by atoms with Gasteiger partial charge in [0.1, 0.15) is 11.4 Å². The maximum absolute atomic E-state index is 13.0. The Balaban J connectivity index is 1.48. The van der Waals surface area contributed by atoms with Crippen LogP contribution in [0.5, 0.6) is 0 Å². The van der Waals surface area contributed by atoms with E-state index in [0.29, 0.717) is 25.4 Å². The van der Waals surface area contributed by atoms with Crippen LogP contribution >= 0.6 is 0 Å². The van der Waals surface area contributed by atoms with Gasteiger partial charge in [0.05, 0.1) is 25.0 Å². The molecule has 2 aliphatic heterocycles. The zero-order valence-electron chi connectivity index (χ0n) is 16.5. The quantitative estimate of drug-likeness (QED) is 0.698. The fraction of sp³-hybridized carbons (Fsp3) is 0.261. The number of hydrogen-bond donors (Lipinski definition) is 2. The number of pyridine rings is 1. The Morgan fingerprint density at radius 1 is 1.17 bits per heavy atom. The summed E-state index contributed by atoms with van der Waals surface area (Å²) < 4.78 is 5.35. The van der Waals surface area contributed by atoms with Crippen molar-refractivity contribution < 1.29 is 9.21 Å². The van der Waals surface area contributed by atoms with Gasteiger partial charge in [-0.05, 0) is 42.7 Å².